The summed E-state index contributed by atoms with van der Waals surface area (Å²) < 4.78 is 16.0. The molecule has 172 valence electrons. The fourth-order valence-corrected chi connectivity index (χ4v) is 3.51. The van der Waals surface area contributed by atoms with Gasteiger partial charge in [-0.1, -0.05) is 12.1 Å². The van der Waals surface area contributed by atoms with E-state index in [1.165, 1.54) is 36.6 Å². The Morgan fingerprint density at radius 2 is 1.79 bits per heavy atom. The SMILES string of the molecule is O=CC1(O)C(O)C(Oc2ccc3c(=O)c(-c4ccc(O)cc4)coc3c2)OC(C(=O)O)C1O. The lowest BCUT2D eigenvalue weighted by Gasteiger charge is -2.43. The molecule has 33 heavy (non-hydrogen) atoms. The van der Waals surface area contributed by atoms with Gasteiger partial charge in [-0.05, 0) is 29.8 Å². The van der Waals surface area contributed by atoms with E-state index >= 15 is 0 Å². The second-order valence-corrected chi connectivity index (χ2v) is 7.46. The van der Waals surface area contributed by atoms with Gasteiger partial charge in [0.15, 0.2) is 29.5 Å². The molecule has 0 bridgehead atoms. The summed E-state index contributed by atoms with van der Waals surface area (Å²) in [5.41, 5.74) is -2.36. The number of carbonyl (C=O) groups is 2. The molecule has 1 aliphatic heterocycles. The number of phenolic OH excluding ortho intramolecular Hbond substituents is 1. The Kier molecular flexibility index (Phi) is 5.64. The van der Waals surface area contributed by atoms with Gasteiger partial charge in [0.25, 0.3) is 0 Å². The molecule has 1 fully saturated rings. The number of carboxylic acids is 1. The number of phenols is 1. The van der Waals surface area contributed by atoms with Gasteiger partial charge >= 0.3 is 5.97 Å². The van der Waals surface area contributed by atoms with Crippen molar-refractivity contribution in [3.05, 3.63) is 59.0 Å². The van der Waals surface area contributed by atoms with Gasteiger partial charge in [0, 0.05) is 6.07 Å². The first-order valence-corrected chi connectivity index (χ1v) is 9.60. The van der Waals surface area contributed by atoms with Crippen LogP contribution in [0.5, 0.6) is 11.5 Å². The molecule has 0 spiro atoms. The molecule has 5 N–H and O–H groups in total. The summed E-state index contributed by atoms with van der Waals surface area (Å²) in [6.45, 7) is 0. The fourth-order valence-electron chi connectivity index (χ4n) is 3.51. The van der Waals surface area contributed by atoms with Crippen molar-refractivity contribution in [1.82, 2.24) is 0 Å². The maximum absolute atomic E-state index is 12.9. The molecule has 11 heteroatoms. The van der Waals surface area contributed by atoms with Crippen molar-refractivity contribution in [3.63, 3.8) is 0 Å². The van der Waals surface area contributed by atoms with Crippen LogP contribution in [-0.4, -0.2) is 68.0 Å². The van der Waals surface area contributed by atoms with Crippen molar-refractivity contribution < 1.29 is 49.0 Å². The number of fused-ring (bicyclic) bond motifs is 1. The summed E-state index contributed by atoms with van der Waals surface area (Å²) in [6.07, 6.45) is -7.23. The Labute approximate surface area is 184 Å². The molecule has 1 saturated heterocycles. The molecule has 11 nitrogen and oxygen atoms in total. The third kappa shape index (κ3) is 3.83. The lowest BCUT2D eigenvalue weighted by Crippen LogP contribution is -2.69. The van der Waals surface area contributed by atoms with Crippen molar-refractivity contribution in [2.45, 2.75) is 30.2 Å². The topological polar surface area (TPSA) is 184 Å². The average molecular weight is 458 g/mol. The molecule has 3 aromatic rings. The fraction of sp³-hybridized carbons (Fsp3) is 0.227. The standard InChI is InChI=1S/C22H18O11/c23-9-22(30)18(26)17(20(28)29)33-21(19(22)27)32-12-5-6-13-15(7-12)31-8-14(16(13)25)10-1-3-11(24)4-2-10/h1-9,17-19,21,24,26-27,30H,(H,28,29). The normalized spacial score (nSPS) is 27.2. The van der Waals surface area contributed by atoms with E-state index in [0.29, 0.717) is 5.56 Å². The number of aliphatic carboxylic acids is 1. The summed E-state index contributed by atoms with van der Waals surface area (Å²) in [6, 6.07) is 9.90. The monoisotopic (exact) mass is 458 g/mol. The molecular formula is C22H18O11. The highest BCUT2D eigenvalue weighted by atomic mass is 16.7. The number of carboxylic acid groups (broad SMARTS) is 1. The number of hydrogen-bond donors (Lipinski definition) is 5. The zero-order chi connectivity index (χ0) is 23.9. The maximum atomic E-state index is 12.9. The summed E-state index contributed by atoms with van der Waals surface area (Å²) in [5, 5.41) is 49.3. The second kappa shape index (κ2) is 8.30. The van der Waals surface area contributed by atoms with Gasteiger partial charge in [-0.25, -0.2) is 4.79 Å². The molecule has 5 atom stereocenters. The number of ether oxygens (including phenoxy) is 2. The molecule has 2 aromatic carbocycles. The molecule has 5 unspecified atom stereocenters. The molecule has 0 radical (unpaired) electrons. The molecule has 0 saturated carbocycles. The van der Waals surface area contributed by atoms with Crippen LogP contribution < -0.4 is 10.2 Å². The molecule has 2 heterocycles. The molecular weight excluding hydrogens is 440 g/mol. The van der Waals surface area contributed by atoms with Crippen LogP contribution >= 0.6 is 0 Å². The first-order valence-electron chi connectivity index (χ1n) is 9.60. The van der Waals surface area contributed by atoms with Gasteiger partial charge in [0.2, 0.25) is 6.29 Å². The highest BCUT2D eigenvalue weighted by Gasteiger charge is 2.58. The van der Waals surface area contributed by atoms with E-state index < -0.39 is 36.2 Å². The van der Waals surface area contributed by atoms with Crippen LogP contribution in [0.2, 0.25) is 0 Å². The largest absolute Gasteiger partial charge is 0.508 e. The van der Waals surface area contributed by atoms with E-state index in [1.807, 2.05) is 0 Å². The van der Waals surface area contributed by atoms with Crippen LogP contribution in [0.3, 0.4) is 0 Å². The van der Waals surface area contributed by atoms with Crippen molar-refractivity contribution in [3.8, 4) is 22.6 Å². The van der Waals surface area contributed by atoms with Crippen LogP contribution in [-0.2, 0) is 14.3 Å². The molecule has 0 amide bonds. The predicted molar refractivity (Wildman–Crippen MR) is 110 cm³/mol. The lowest BCUT2D eigenvalue weighted by molar-refractivity contribution is -0.293. The van der Waals surface area contributed by atoms with E-state index in [9.17, 15) is 39.9 Å². The van der Waals surface area contributed by atoms with Crippen molar-refractivity contribution in [2.24, 2.45) is 0 Å². The minimum Gasteiger partial charge on any atom is -0.508 e. The Hall–Kier alpha value is -3.77. The van der Waals surface area contributed by atoms with Gasteiger partial charge in [0.1, 0.15) is 29.4 Å². The summed E-state index contributed by atoms with van der Waals surface area (Å²) in [4.78, 5) is 35.5. The van der Waals surface area contributed by atoms with E-state index in [1.54, 1.807) is 12.1 Å². The second-order valence-electron chi connectivity index (χ2n) is 7.46. The van der Waals surface area contributed by atoms with Crippen LogP contribution in [0.1, 0.15) is 0 Å². The number of hydrogen-bond acceptors (Lipinski definition) is 10. The van der Waals surface area contributed by atoms with Gasteiger partial charge in [0.05, 0.1) is 10.9 Å². The van der Waals surface area contributed by atoms with Gasteiger partial charge in [-0.3, -0.25) is 9.59 Å². The van der Waals surface area contributed by atoms with Crippen LogP contribution in [0, 0.1) is 0 Å². The average Bonchev–Trinajstić information content (AvgIpc) is 2.80. The van der Waals surface area contributed by atoms with E-state index in [-0.39, 0.29) is 39.7 Å². The number of carbonyl (C=O) groups excluding carboxylic acids is 1. The third-order valence-electron chi connectivity index (χ3n) is 5.38. The lowest BCUT2D eigenvalue weighted by atomic mass is 9.85. The van der Waals surface area contributed by atoms with Gasteiger partial charge < -0.3 is 39.4 Å². The smallest absolute Gasteiger partial charge is 0.335 e. The zero-order valence-corrected chi connectivity index (χ0v) is 16.7. The minimum absolute atomic E-state index is 0.0389. The highest BCUT2D eigenvalue weighted by molar-refractivity contribution is 5.82. The Morgan fingerprint density at radius 3 is 2.42 bits per heavy atom. The van der Waals surface area contributed by atoms with Crippen LogP contribution in [0.4, 0.5) is 0 Å². The number of rotatable bonds is 5. The van der Waals surface area contributed by atoms with E-state index in [4.69, 9.17) is 13.9 Å². The quantitative estimate of drug-likeness (QED) is 0.324. The number of aliphatic hydroxyl groups excluding tert-OH is 2. The first-order chi connectivity index (χ1) is 15.7. The summed E-state index contributed by atoms with van der Waals surface area (Å²) >= 11 is 0. The van der Waals surface area contributed by atoms with Crippen molar-refractivity contribution in [1.29, 1.82) is 0 Å². The van der Waals surface area contributed by atoms with Crippen LogP contribution in [0.25, 0.3) is 22.1 Å². The number of benzene rings is 2. The number of aromatic hydroxyl groups is 1. The minimum atomic E-state index is -2.85. The summed E-state index contributed by atoms with van der Waals surface area (Å²) in [5.74, 6) is -1.69. The zero-order valence-electron chi connectivity index (χ0n) is 16.7. The Morgan fingerprint density at radius 1 is 1.09 bits per heavy atom. The maximum Gasteiger partial charge on any atom is 0.335 e. The van der Waals surface area contributed by atoms with Crippen molar-refractivity contribution in [2.75, 3.05) is 0 Å². The van der Waals surface area contributed by atoms with E-state index in [0.717, 1.165) is 0 Å². The molecule has 0 aliphatic carbocycles. The number of aldehydes is 1. The first kappa shape index (κ1) is 22.4. The van der Waals surface area contributed by atoms with Crippen molar-refractivity contribution >= 4 is 23.2 Å². The molecule has 1 aliphatic rings. The third-order valence-corrected chi connectivity index (χ3v) is 5.38. The predicted octanol–water partition coefficient (Wildman–Crippen LogP) is 0.00570. The highest BCUT2D eigenvalue weighted by Crippen LogP contribution is 2.32. The number of aliphatic hydroxyl groups is 3. The van der Waals surface area contributed by atoms with Gasteiger partial charge in [-0.2, -0.15) is 0 Å². The summed E-state index contributed by atoms with van der Waals surface area (Å²) in [7, 11) is 0. The Bertz CT molecular complexity index is 1270. The molecule has 1 aromatic heterocycles. The van der Waals surface area contributed by atoms with Gasteiger partial charge in [-0.15, -0.1) is 0 Å². The van der Waals surface area contributed by atoms with Crippen LogP contribution in [0.15, 0.2) is 57.9 Å². The van der Waals surface area contributed by atoms with E-state index in [2.05, 4.69) is 0 Å². The molecule has 4 rings (SSSR count). The Balaban J connectivity index is 1.66.